The van der Waals surface area contributed by atoms with Crippen LogP contribution in [0.2, 0.25) is 0 Å². The highest BCUT2D eigenvalue weighted by Crippen LogP contribution is 2.32. The summed E-state index contributed by atoms with van der Waals surface area (Å²) in [5.74, 6) is -0.177. The Morgan fingerprint density at radius 1 is 1.20 bits per heavy atom. The molecule has 0 spiro atoms. The SMILES string of the molecule is NC(=O)C1CCN(c2ccc(N)c3cnccc23)CC1. The number of nitrogens with zero attached hydrogens (tertiary/aromatic N) is 2. The number of benzene rings is 1. The molecule has 1 aromatic carbocycles. The minimum absolute atomic E-state index is 0.00737. The predicted molar refractivity (Wildman–Crippen MR) is 80.3 cm³/mol. The number of carbonyl (C=O) groups excluding carboxylic acids is 1. The number of amides is 1. The van der Waals surface area contributed by atoms with Gasteiger partial charge in [-0.05, 0) is 31.0 Å². The number of carbonyl (C=O) groups is 1. The minimum Gasteiger partial charge on any atom is -0.398 e. The first-order valence-corrected chi connectivity index (χ1v) is 6.83. The van der Waals surface area contributed by atoms with Crippen LogP contribution in [0.25, 0.3) is 10.8 Å². The second-order valence-electron chi connectivity index (χ2n) is 5.26. The van der Waals surface area contributed by atoms with Gasteiger partial charge in [0.25, 0.3) is 0 Å². The molecule has 5 heteroatoms. The lowest BCUT2D eigenvalue weighted by molar-refractivity contribution is -0.122. The molecule has 4 N–H and O–H groups in total. The second-order valence-corrected chi connectivity index (χ2v) is 5.26. The fourth-order valence-corrected chi connectivity index (χ4v) is 2.88. The fraction of sp³-hybridized carbons (Fsp3) is 0.333. The van der Waals surface area contributed by atoms with Gasteiger partial charge in [0, 0.05) is 53.5 Å². The maximum Gasteiger partial charge on any atom is 0.220 e. The van der Waals surface area contributed by atoms with Gasteiger partial charge in [0.05, 0.1) is 0 Å². The van der Waals surface area contributed by atoms with Crippen molar-refractivity contribution in [1.82, 2.24) is 4.98 Å². The maximum atomic E-state index is 11.2. The van der Waals surface area contributed by atoms with E-state index in [1.54, 1.807) is 12.4 Å². The van der Waals surface area contributed by atoms with Crippen LogP contribution >= 0.6 is 0 Å². The zero-order valence-corrected chi connectivity index (χ0v) is 11.2. The van der Waals surface area contributed by atoms with Crippen LogP contribution in [0.4, 0.5) is 11.4 Å². The van der Waals surface area contributed by atoms with Gasteiger partial charge in [0.1, 0.15) is 0 Å². The van der Waals surface area contributed by atoms with E-state index in [0.29, 0.717) is 0 Å². The van der Waals surface area contributed by atoms with Gasteiger partial charge in [0.2, 0.25) is 5.91 Å². The molecule has 0 saturated carbocycles. The van der Waals surface area contributed by atoms with E-state index in [2.05, 4.69) is 9.88 Å². The van der Waals surface area contributed by atoms with E-state index in [4.69, 9.17) is 11.5 Å². The average molecular weight is 270 g/mol. The molecule has 5 nitrogen and oxygen atoms in total. The summed E-state index contributed by atoms with van der Waals surface area (Å²) >= 11 is 0. The maximum absolute atomic E-state index is 11.2. The quantitative estimate of drug-likeness (QED) is 0.810. The van der Waals surface area contributed by atoms with Crippen LogP contribution in [0.3, 0.4) is 0 Å². The Bertz CT molecular complexity index is 647. The van der Waals surface area contributed by atoms with Crippen LogP contribution < -0.4 is 16.4 Å². The number of fused-ring (bicyclic) bond motifs is 1. The van der Waals surface area contributed by atoms with E-state index in [1.165, 1.54) is 0 Å². The number of nitrogens with two attached hydrogens (primary N) is 2. The number of primary amides is 1. The Morgan fingerprint density at radius 2 is 1.95 bits per heavy atom. The molecule has 1 aromatic heterocycles. The highest BCUT2D eigenvalue weighted by atomic mass is 16.1. The Hall–Kier alpha value is -2.30. The topological polar surface area (TPSA) is 85.2 Å². The minimum atomic E-state index is -0.184. The van der Waals surface area contributed by atoms with Gasteiger partial charge in [-0.25, -0.2) is 0 Å². The molecule has 20 heavy (non-hydrogen) atoms. The van der Waals surface area contributed by atoms with Crippen molar-refractivity contribution in [3.05, 3.63) is 30.6 Å². The molecular weight excluding hydrogens is 252 g/mol. The fourth-order valence-electron chi connectivity index (χ4n) is 2.88. The van der Waals surface area contributed by atoms with Gasteiger partial charge < -0.3 is 16.4 Å². The van der Waals surface area contributed by atoms with Crippen molar-refractivity contribution in [2.24, 2.45) is 11.7 Å². The van der Waals surface area contributed by atoms with Crippen molar-refractivity contribution in [2.75, 3.05) is 23.7 Å². The first-order valence-electron chi connectivity index (χ1n) is 6.83. The number of piperidine rings is 1. The number of aromatic nitrogens is 1. The number of pyridine rings is 1. The van der Waals surface area contributed by atoms with Gasteiger partial charge >= 0.3 is 0 Å². The van der Waals surface area contributed by atoms with Gasteiger partial charge in [-0.15, -0.1) is 0 Å². The Balaban J connectivity index is 1.92. The summed E-state index contributed by atoms with van der Waals surface area (Å²) in [5.41, 5.74) is 13.3. The summed E-state index contributed by atoms with van der Waals surface area (Å²) in [6, 6.07) is 5.95. The lowest BCUT2D eigenvalue weighted by Gasteiger charge is -2.33. The molecule has 0 aliphatic carbocycles. The number of hydrogen-bond donors (Lipinski definition) is 2. The van der Waals surface area contributed by atoms with Crippen LogP contribution in [0.15, 0.2) is 30.6 Å². The summed E-state index contributed by atoms with van der Waals surface area (Å²) in [6.45, 7) is 1.68. The van der Waals surface area contributed by atoms with Crippen molar-refractivity contribution in [2.45, 2.75) is 12.8 Å². The Labute approximate surface area is 117 Å². The van der Waals surface area contributed by atoms with Crippen molar-refractivity contribution in [1.29, 1.82) is 0 Å². The molecule has 0 radical (unpaired) electrons. The lowest BCUT2D eigenvalue weighted by atomic mass is 9.95. The monoisotopic (exact) mass is 270 g/mol. The van der Waals surface area contributed by atoms with Crippen molar-refractivity contribution < 1.29 is 4.79 Å². The van der Waals surface area contributed by atoms with E-state index in [0.717, 1.165) is 48.1 Å². The molecule has 1 amide bonds. The molecule has 3 rings (SSSR count). The molecule has 2 heterocycles. The summed E-state index contributed by atoms with van der Waals surface area (Å²) in [6.07, 6.45) is 5.20. The van der Waals surface area contributed by atoms with Crippen LogP contribution in [-0.2, 0) is 4.79 Å². The third kappa shape index (κ3) is 2.15. The predicted octanol–water partition coefficient (Wildman–Crippen LogP) is 1.52. The standard InChI is InChI=1S/C15H18N4O/c16-13-1-2-14(11-3-6-18-9-12(11)13)19-7-4-10(5-8-19)15(17)20/h1-3,6,9-10H,4-5,7-8,16H2,(H2,17,20). The first kappa shape index (κ1) is 12.7. The molecule has 0 bridgehead atoms. The van der Waals surface area contributed by atoms with Gasteiger partial charge in [-0.1, -0.05) is 0 Å². The van der Waals surface area contributed by atoms with Crippen LogP contribution in [-0.4, -0.2) is 24.0 Å². The van der Waals surface area contributed by atoms with Gasteiger partial charge in [0.15, 0.2) is 0 Å². The number of rotatable bonds is 2. The van der Waals surface area contributed by atoms with Crippen molar-refractivity contribution >= 4 is 28.1 Å². The lowest BCUT2D eigenvalue weighted by Crippen LogP contribution is -2.38. The number of anilines is 2. The molecule has 2 aromatic rings. The van der Waals surface area contributed by atoms with Crippen LogP contribution in [0, 0.1) is 5.92 Å². The smallest absolute Gasteiger partial charge is 0.220 e. The molecule has 1 saturated heterocycles. The Morgan fingerprint density at radius 3 is 2.65 bits per heavy atom. The summed E-state index contributed by atoms with van der Waals surface area (Å²) < 4.78 is 0. The highest BCUT2D eigenvalue weighted by Gasteiger charge is 2.24. The highest BCUT2D eigenvalue weighted by molar-refractivity contribution is 6.00. The van der Waals surface area contributed by atoms with Crippen molar-refractivity contribution in [3.63, 3.8) is 0 Å². The normalized spacial score (nSPS) is 16.5. The zero-order valence-electron chi connectivity index (χ0n) is 11.2. The third-order valence-electron chi connectivity index (χ3n) is 4.07. The summed E-state index contributed by atoms with van der Waals surface area (Å²) in [4.78, 5) is 17.7. The van der Waals surface area contributed by atoms with Gasteiger partial charge in [-0.3, -0.25) is 9.78 Å². The van der Waals surface area contributed by atoms with E-state index < -0.39 is 0 Å². The van der Waals surface area contributed by atoms with E-state index in [-0.39, 0.29) is 11.8 Å². The average Bonchev–Trinajstić information content (AvgIpc) is 2.48. The third-order valence-corrected chi connectivity index (χ3v) is 4.07. The van der Waals surface area contributed by atoms with Crippen LogP contribution in [0.1, 0.15) is 12.8 Å². The number of nitrogen functional groups attached to an aromatic ring is 1. The van der Waals surface area contributed by atoms with Crippen LogP contribution in [0.5, 0.6) is 0 Å². The largest absolute Gasteiger partial charge is 0.398 e. The first-order chi connectivity index (χ1) is 9.66. The van der Waals surface area contributed by atoms with E-state index >= 15 is 0 Å². The number of hydrogen-bond acceptors (Lipinski definition) is 4. The molecule has 104 valence electrons. The molecule has 1 aliphatic rings. The van der Waals surface area contributed by atoms with E-state index in [1.807, 2.05) is 18.2 Å². The summed E-state index contributed by atoms with van der Waals surface area (Å²) in [7, 11) is 0. The molecule has 0 unspecified atom stereocenters. The van der Waals surface area contributed by atoms with E-state index in [9.17, 15) is 4.79 Å². The van der Waals surface area contributed by atoms with Gasteiger partial charge in [-0.2, -0.15) is 0 Å². The molecule has 1 fully saturated rings. The second kappa shape index (κ2) is 5.00. The zero-order chi connectivity index (χ0) is 14.1. The molecular formula is C15H18N4O. The molecule has 0 atom stereocenters. The van der Waals surface area contributed by atoms with Crippen molar-refractivity contribution in [3.8, 4) is 0 Å². The summed E-state index contributed by atoms with van der Waals surface area (Å²) in [5, 5.41) is 2.08. The Kier molecular flexibility index (Phi) is 3.18. The molecule has 1 aliphatic heterocycles.